The highest BCUT2D eigenvalue weighted by molar-refractivity contribution is 8.17. The van der Waals surface area contributed by atoms with Crippen LogP contribution in [0.2, 0.25) is 0 Å². The molecule has 0 aliphatic carbocycles. The molecule has 0 atom stereocenters. The van der Waals surface area contributed by atoms with Crippen LogP contribution in [-0.2, 0) is 0 Å². The van der Waals surface area contributed by atoms with Crippen LogP contribution in [0.25, 0.3) is 0 Å². The monoisotopic (exact) mass is 370 g/mol. The van der Waals surface area contributed by atoms with Crippen molar-refractivity contribution in [1.82, 2.24) is 0 Å². The van der Waals surface area contributed by atoms with E-state index in [9.17, 15) is 0 Å². The average Bonchev–Trinajstić information content (AvgIpc) is 2.73. The molecule has 134 valence electrons. The van der Waals surface area contributed by atoms with E-state index in [0.717, 1.165) is 17.1 Å². The lowest BCUT2D eigenvalue weighted by atomic mass is 10.2. The van der Waals surface area contributed by atoms with E-state index in [1.165, 1.54) is 14.7 Å². The highest BCUT2D eigenvalue weighted by Gasteiger charge is 2.14. The summed E-state index contributed by atoms with van der Waals surface area (Å²) in [6.45, 7) is 2.12. The van der Waals surface area contributed by atoms with Gasteiger partial charge in [0.2, 0.25) is 0 Å². The Kier molecular flexibility index (Phi) is 5.27. The van der Waals surface area contributed by atoms with Gasteiger partial charge in [-0.3, -0.25) is 0 Å². The van der Waals surface area contributed by atoms with Gasteiger partial charge in [-0.1, -0.05) is 54.6 Å². The SMILES string of the molecule is Cc1cc([SH](c2ccccc2)c2ccccc2)ccc1Oc1ccccc1. The molecule has 0 aromatic heterocycles. The number of rotatable bonds is 5. The molecule has 0 amide bonds. The standard InChI is InChI=1S/C25H22OS/c1-20-19-24(17-18-25(20)26-21-11-5-2-6-12-21)27(22-13-7-3-8-14-22)23-15-9-4-10-16-23/h2-19,27H,1H3. The van der Waals surface area contributed by atoms with Gasteiger partial charge in [0.25, 0.3) is 0 Å². The second kappa shape index (κ2) is 8.15. The molecule has 0 aliphatic rings. The van der Waals surface area contributed by atoms with Crippen molar-refractivity contribution in [2.45, 2.75) is 21.6 Å². The normalized spacial score (nSPS) is 11.1. The van der Waals surface area contributed by atoms with Gasteiger partial charge < -0.3 is 4.74 Å². The molecule has 0 aliphatic heterocycles. The molecule has 0 spiro atoms. The third kappa shape index (κ3) is 4.07. The van der Waals surface area contributed by atoms with Crippen molar-refractivity contribution in [3.63, 3.8) is 0 Å². The molecule has 0 unspecified atom stereocenters. The second-order valence-electron chi connectivity index (χ2n) is 6.37. The van der Waals surface area contributed by atoms with Crippen LogP contribution in [-0.4, -0.2) is 0 Å². The quantitative estimate of drug-likeness (QED) is 0.364. The summed E-state index contributed by atoms with van der Waals surface area (Å²) in [6, 6.07) is 38.0. The van der Waals surface area contributed by atoms with Gasteiger partial charge in [0.1, 0.15) is 11.5 Å². The fraction of sp³-hybridized carbons (Fsp3) is 0.0400. The summed E-state index contributed by atoms with van der Waals surface area (Å²) in [5, 5.41) is 0. The van der Waals surface area contributed by atoms with Crippen molar-refractivity contribution >= 4 is 10.9 Å². The summed E-state index contributed by atoms with van der Waals surface area (Å²) >= 11 is 0. The van der Waals surface area contributed by atoms with Crippen molar-refractivity contribution in [3.8, 4) is 11.5 Å². The Morgan fingerprint density at radius 2 is 1.07 bits per heavy atom. The van der Waals surface area contributed by atoms with E-state index in [0.29, 0.717) is 0 Å². The molecule has 4 aromatic rings. The van der Waals surface area contributed by atoms with Crippen LogP contribution in [0.15, 0.2) is 124 Å². The summed E-state index contributed by atoms with van der Waals surface area (Å²) in [6.07, 6.45) is 0. The molecule has 0 N–H and O–H groups in total. The Bertz CT molecular complexity index is 959. The van der Waals surface area contributed by atoms with Crippen LogP contribution >= 0.6 is 10.9 Å². The van der Waals surface area contributed by atoms with Crippen molar-refractivity contribution in [3.05, 3.63) is 115 Å². The van der Waals surface area contributed by atoms with E-state index in [-0.39, 0.29) is 0 Å². The Balaban J connectivity index is 1.72. The highest BCUT2D eigenvalue weighted by Crippen LogP contribution is 2.51. The fourth-order valence-electron chi connectivity index (χ4n) is 3.10. The molecular weight excluding hydrogens is 348 g/mol. The minimum Gasteiger partial charge on any atom is -0.457 e. The summed E-state index contributed by atoms with van der Waals surface area (Å²) in [4.78, 5) is 4.05. The van der Waals surface area contributed by atoms with E-state index in [2.05, 4.69) is 85.8 Å². The maximum absolute atomic E-state index is 6.06. The van der Waals surface area contributed by atoms with Gasteiger partial charge >= 0.3 is 0 Å². The summed E-state index contributed by atoms with van der Waals surface area (Å²) in [5.41, 5.74) is 1.15. The Morgan fingerprint density at radius 3 is 1.59 bits per heavy atom. The molecule has 0 radical (unpaired) electrons. The molecule has 0 heterocycles. The second-order valence-corrected chi connectivity index (χ2v) is 8.59. The first-order valence-electron chi connectivity index (χ1n) is 9.05. The largest absolute Gasteiger partial charge is 0.457 e. The summed E-state index contributed by atoms with van der Waals surface area (Å²) in [7, 11) is -0.589. The van der Waals surface area contributed by atoms with E-state index in [4.69, 9.17) is 4.74 Å². The van der Waals surface area contributed by atoms with Crippen LogP contribution in [0.5, 0.6) is 11.5 Å². The van der Waals surface area contributed by atoms with E-state index < -0.39 is 10.9 Å². The number of hydrogen-bond donors (Lipinski definition) is 1. The van der Waals surface area contributed by atoms with Crippen molar-refractivity contribution in [2.24, 2.45) is 0 Å². The topological polar surface area (TPSA) is 9.23 Å². The molecule has 4 aromatic carbocycles. The van der Waals surface area contributed by atoms with Crippen LogP contribution in [0.4, 0.5) is 0 Å². The van der Waals surface area contributed by atoms with Crippen LogP contribution in [0.1, 0.15) is 5.56 Å². The van der Waals surface area contributed by atoms with Crippen molar-refractivity contribution < 1.29 is 4.74 Å². The van der Waals surface area contributed by atoms with Gasteiger partial charge in [-0.2, -0.15) is 10.9 Å². The smallest absolute Gasteiger partial charge is 0.130 e. The third-order valence-electron chi connectivity index (χ3n) is 4.42. The first-order valence-corrected chi connectivity index (χ1v) is 10.4. The van der Waals surface area contributed by atoms with Crippen LogP contribution < -0.4 is 4.74 Å². The lowest BCUT2D eigenvalue weighted by Crippen LogP contribution is -1.92. The summed E-state index contributed by atoms with van der Waals surface area (Å²) in [5.74, 6) is 1.77. The minimum absolute atomic E-state index is 0.589. The zero-order valence-electron chi connectivity index (χ0n) is 15.2. The van der Waals surface area contributed by atoms with Gasteiger partial charge in [-0.15, -0.1) is 0 Å². The predicted molar refractivity (Wildman–Crippen MR) is 114 cm³/mol. The number of ether oxygens (including phenoxy) is 1. The fourth-order valence-corrected chi connectivity index (χ4v) is 5.49. The first kappa shape index (κ1) is 17.4. The lowest BCUT2D eigenvalue weighted by molar-refractivity contribution is 0.478. The summed E-state index contributed by atoms with van der Waals surface area (Å²) < 4.78 is 6.06. The number of hydrogen-bond acceptors (Lipinski definition) is 1. The number of aryl methyl sites for hydroxylation is 1. The van der Waals surface area contributed by atoms with E-state index in [1.54, 1.807) is 0 Å². The zero-order chi connectivity index (χ0) is 18.5. The Hall–Kier alpha value is -2.97. The maximum Gasteiger partial charge on any atom is 0.130 e. The average molecular weight is 371 g/mol. The molecule has 1 nitrogen and oxygen atoms in total. The Morgan fingerprint density at radius 1 is 0.556 bits per heavy atom. The highest BCUT2D eigenvalue weighted by atomic mass is 32.2. The molecule has 0 fully saturated rings. The maximum atomic E-state index is 6.06. The van der Waals surface area contributed by atoms with Crippen LogP contribution in [0, 0.1) is 6.92 Å². The molecule has 4 rings (SSSR count). The van der Waals surface area contributed by atoms with E-state index in [1.807, 2.05) is 30.3 Å². The van der Waals surface area contributed by atoms with Gasteiger partial charge in [0.15, 0.2) is 0 Å². The lowest BCUT2D eigenvalue weighted by Gasteiger charge is -2.24. The third-order valence-corrected chi connectivity index (χ3v) is 6.84. The number of benzene rings is 4. The van der Waals surface area contributed by atoms with Crippen molar-refractivity contribution in [1.29, 1.82) is 0 Å². The molecule has 0 saturated heterocycles. The molecular formula is C25H22OS. The minimum atomic E-state index is -0.589. The molecule has 27 heavy (non-hydrogen) atoms. The number of para-hydroxylation sites is 1. The Labute approximate surface area is 163 Å². The van der Waals surface area contributed by atoms with E-state index >= 15 is 0 Å². The molecule has 0 bridgehead atoms. The van der Waals surface area contributed by atoms with Gasteiger partial charge in [0.05, 0.1) is 0 Å². The van der Waals surface area contributed by atoms with Gasteiger partial charge in [0, 0.05) is 0 Å². The van der Waals surface area contributed by atoms with Crippen LogP contribution in [0.3, 0.4) is 0 Å². The zero-order valence-corrected chi connectivity index (χ0v) is 16.1. The van der Waals surface area contributed by atoms with Gasteiger partial charge in [-0.25, -0.2) is 0 Å². The molecule has 0 saturated carbocycles. The number of thiol groups is 1. The molecule has 2 heteroatoms. The first-order chi connectivity index (χ1) is 13.3. The van der Waals surface area contributed by atoms with Crippen molar-refractivity contribution in [2.75, 3.05) is 0 Å². The van der Waals surface area contributed by atoms with Gasteiger partial charge in [-0.05, 0) is 81.8 Å². The predicted octanol–water partition coefficient (Wildman–Crippen LogP) is 7.27.